The molecule has 1 atom stereocenters. The Balaban J connectivity index is 1.68. The zero-order chi connectivity index (χ0) is 31.0. The van der Waals surface area contributed by atoms with Crippen molar-refractivity contribution >= 4 is 55.7 Å². The van der Waals surface area contributed by atoms with Crippen molar-refractivity contribution in [1.82, 2.24) is 19.7 Å². The third-order valence-electron chi connectivity index (χ3n) is 7.63. The van der Waals surface area contributed by atoms with Gasteiger partial charge in [-0.2, -0.15) is 0 Å². The second kappa shape index (κ2) is 11.7. The smallest absolute Gasteiger partial charge is 0.317 e. The molecule has 2 heterocycles. The molecule has 1 aromatic heterocycles. The third-order valence-corrected chi connectivity index (χ3v) is 8.28. The number of hydrogen-bond donors (Lipinski definition) is 3. The number of para-hydroxylation sites is 1. The monoisotopic (exact) mass is 594 g/mol. The number of carbonyl (C=O) groups is 3. The molecular weight excluding hydrogens is 552 g/mol. The van der Waals surface area contributed by atoms with Gasteiger partial charge in [-0.25, -0.2) is 9.00 Å². The number of rotatable bonds is 6. The van der Waals surface area contributed by atoms with Crippen LogP contribution in [0.1, 0.15) is 59.7 Å². The molecule has 0 spiro atoms. The van der Waals surface area contributed by atoms with Crippen molar-refractivity contribution < 1.29 is 18.6 Å². The first-order valence-electron chi connectivity index (χ1n) is 14.1. The van der Waals surface area contributed by atoms with Crippen LogP contribution in [-0.4, -0.2) is 81.8 Å². The molecule has 1 aliphatic rings. The molecular formula is C31H42N6O4S. The Bertz CT molecular complexity index is 1640. The molecule has 11 heteroatoms. The molecule has 4 rings (SSSR count). The second-order valence-electron chi connectivity index (χ2n) is 11.9. The summed E-state index contributed by atoms with van der Waals surface area (Å²) in [4.78, 5) is 42.8. The van der Waals surface area contributed by atoms with E-state index in [1.807, 2.05) is 31.2 Å². The van der Waals surface area contributed by atoms with Crippen molar-refractivity contribution in [3.05, 3.63) is 58.8 Å². The Kier molecular flexibility index (Phi) is 8.63. The number of piperazine rings is 1. The van der Waals surface area contributed by atoms with Crippen LogP contribution in [0.3, 0.4) is 0 Å². The minimum Gasteiger partial charge on any atom is -0.341 e. The van der Waals surface area contributed by atoms with Crippen LogP contribution in [0.15, 0.2) is 36.4 Å². The van der Waals surface area contributed by atoms with Gasteiger partial charge < -0.3 is 29.7 Å². The molecule has 0 aliphatic carbocycles. The van der Waals surface area contributed by atoms with Crippen molar-refractivity contribution in [2.45, 2.75) is 39.5 Å². The van der Waals surface area contributed by atoms with Crippen LogP contribution < -0.4 is 15.4 Å². The first-order valence-corrected chi connectivity index (χ1v) is 16.2. The molecule has 1 aliphatic heterocycles. The van der Waals surface area contributed by atoms with Gasteiger partial charge in [-0.05, 0) is 53.1 Å². The highest BCUT2D eigenvalue weighted by Gasteiger charge is 2.27. The third kappa shape index (κ3) is 6.41. The van der Waals surface area contributed by atoms with E-state index < -0.39 is 9.71 Å². The lowest BCUT2D eigenvalue weighted by Crippen LogP contribution is -2.52. The van der Waals surface area contributed by atoms with Gasteiger partial charge in [0.2, 0.25) is 0 Å². The maximum atomic E-state index is 13.8. The number of aromatic nitrogens is 1. The molecule has 2 aromatic carbocycles. The van der Waals surface area contributed by atoms with Gasteiger partial charge in [0, 0.05) is 67.3 Å². The van der Waals surface area contributed by atoms with Gasteiger partial charge >= 0.3 is 6.03 Å². The molecule has 1 unspecified atom stereocenters. The molecule has 0 saturated carbocycles. The van der Waals surface area contributed by atoms with Gasteiger partial charge in [0.15, 0.2) is 0 Å². The standard InChI is InChI=1S/C31H42N6O4S/c1-9-22-24(18-21(31(2,3)4)19-25(22)34-42(7,8)41)33-28(38)26-17-20-11-10-12-23(27(20)35(26)6)29(39)36-13-15-37(16-14-36)30(40)32-5/h10-12,17-19H,7,9,13-16H2,1-6,8H3,(H,32,40)(H,33,38)(H,34,41). The quantitative estimate of drug-likeness (QED) is 0.373. The Morgan fingerprint density at radius 1 is 1.00 bits per heavy atom. The number of urea groups is 1. The first kappa shape index (κ1) is 31.0. The van der Waals surface area contributed by atoms with E-state index in [-0.39, 0.29) is 23.3 Å². The lowest BCUT2D eigenvalue weighted by atomic mass is 9.85. The zero-order valence-corrected chi connectivity index (χ0v) is 26.4. The fourth-order valence-corrected chi connectivity index (χ4v) is 6.00. The molecule has 1 saturated heterocycles. The van der Waals surface area contributed by atoms with Crippen LogP contribution >= 0.6 is 0 Å². The number of nitrogens with zero attached hydrogens (tertiary/aromatic N) is 3. The number of hydrogen-bond acceptors (Lipinski definition) is 4. The van der Waals surface area contributed by atoms with E-state index in [4.69, 9.17) is 0 Å². The van der Waals surface area contributed by atoms with Crippen molar-refractivity contribution in [3.63, 3.8) is 0 Å². The van der Waals surface area contributed by atoms with E-state index in [0.29, 0.717) is 60.7 Å². The normalized spacial score (nSPS) is 15.3. The Morgan fingerprint density at radius 2 is 1.62 bits per heavy atom. The van der Waals surface area contributed by atoms with Crippen LogP contribution in [0, 0.1) is 0 Å². The molecule has 0 bridgehead atoms. The fraction of sp³-hybridized carbons (Fsp3) is 0.419. The molecule has 42 heavy (non-hydrogen) atoms. The number of benzene rings is 2. The predicted octanol–water partition coefficient (Wildman–Crippen LogP) is 4.06. The predicted molar refractivity (Wildman–Crippen MR) is 172 cm³/mol. The van der Waals surface area contributed by atoms with E-state index in [1.165, 1.54) is 0 Å². The van der Waals surface area contributed by atoms with Gasteiger partial charge in [0.1, 0.15) is 5.69 Å². The van der Waals surface area contributed by atoms with E-state index in [2.05, 4.69) is 42.0 Å². The number of fused-ring (bicyclic) bond motifs is 1. The van der Waals surface area contributed by atoms with Crippen LogP contribution in [0.2, 0.25) is 0 Å². The Morgan fingerprint density at radius 3 is 2.19 bits per heavy atom. The number of anilines is 2. The highest BCUT2D eigenvalue weighted by Crippen LogP contribution is 2.34. The molecule has 0 radical (unpaired) electrons. The minimum atomic E-state index is -2.55. The van der Waals surface area contributed by atoms with Crippen molar-refractivity contribution in [2.24, 2.45) is 7.05 Å². The Hall–Kier alpha value is -3.99. The number of carbonyl (C=O) groups excluding carboxylic acids is 3. The highest BCUT2D eigenvalue weighted by atomic mass is 32.2. The lowest BCUT2D eigenvalue weighted by molar-refractivity contribution is 0.0667. The van der Waals surface area contributed by atoms with Crippen molar-refractivity contribution in [3.8, 4) is 0 Å². The number of aryl methyl sites for hydroxylation is 1. The van der Waals surface area contributed by atoms with Crippen molar-refractivity contribution in [2.75, 3.05) is 49.5 Å². The largest absolute Gasteiger partial charge is 0.341 e. The number of nitrogens with one attached hydrogen (secondary N) is 3. The van der Waals surface area contributed by atoms with E-state index in [1.54, 1.807) is 46.9 Å². The average molecular weight is 595 g/mol. The zero-order valence-electron chi connectivity index (χ0n) is 25.6. The summed E-state index contributed by atoms with van der Waals surface area (Å²) in [5, 5.41) is 6.51. The highest BCUT2D eigenvalue weighted by molar-refractivity contribution is 8.00. The van der Waals surface area contributed by atoms with E-state index in [9.17, 15) is 18.6 Å². The van der Waals surface area contributed by atoms with Crippen LogP contribution in [0.4, 0.5) is 16.2 Å². The van der Waals surface area contributed by atoms with Gasteiger partial charge in [-0.15, -0.1) is 0 Å². The molecule has 3 aromatic rings. The topological polar surface area (TPSA) is 116 Å². The lowest BCUT2D eigenvalue weighted by Gasteiger charge is -2.34. The fourth-order valence-electron chi connectivity index (χ4n) is 5.36. The number of amides is 4. The summed E-state index contributed by atoms with van der Waals surface area (Å²) in [6, 6.07) is 11.1. The van der Waals surface area contributed by atoms with E-state index >= 15 is 0 Å². The summed E-state index contributed by atoms with van der Waals surface area (Å²) >= 11 is 0. The summed E-state index contributed by atoms with van der Waals surface area (Å²) in [6.07, 6.45) is 2.14. The molecule has 3 N–H and O–H groups in total. The van der Waals surface area contributed by atoms with E-state index in [0.717, 1.165) is 16.5 Å². The summed E-state index contributed by atoms with van der Waals surface area (Å²) < 4.78 is 17.4. The summed E-state index contributed by atoms with van der Waals surface area (Å²) in [7, 11) is 0.827. The average Bonchev–Trinajstić information content (AvgIpc) is 3.27. The molecule has 10 nitrogen and oxygen atoms in total. The van der Waals surface area contributed by atoms with Crippen LogP contribution in [-0.2, 0) is 28.6 Å². The molecule has 1 fully saturated rings. The summed E-state index contributed by atoms with van der Waals surface area (Å²) in [6.45, 7) is 9.99. The second-order valence-corrected chi connectivity index (χ2v) is 14.1. The Labute approximate surface area is 248 Å². The first-order chi connectivity index (χ1) is 19.6. The van der Waals surface area contributed by atoms with Crippen LogP contribution in [0.25, 0.3) is 10.9 Å². The van der Waals surface area contributed by atoms with Crippen molar-refractivity contribution in [1.29, 1.82) is 0 Å². The van der Waals surface area contributed by atoms with Crippen LogP contribution in [0.5, 0.6) is 0 Å². The van der Waals surface area contributed by atoms with Gasteiger partial charge in [-0.3, -0.25) is 9.59 Å². The molecule has 226 valence electrons. The van der Waals surface area contributed by atoms with Gasteiger partial charge in [0.05, 0.1) is 16.8 Å². The minimum absolute atomic E-state index is 0.136. The van der Waals surface area contributed by atoms with Gasteiger partial charge in [0.25, 0.3) is 11.8 Å². The molecule has 4 amide bonds. The maximum absolute atomic E-state index is 13.8. The summed E-state index contributed by atoms with van der Waals surface area (Å²) in [5.74, 6) is 3.30. The maximum Gasteiger partial charge on any atom is 0.317 e. The summed E-state index contributed by atoms with van der Waals surface area (Å²) in [5.41, 5.74) is 4.49. The SMILES string of the molecule is C=S(C)(=O)Nc1cc(C(C)(C)C)cc(NC(=O)c2cc3cccc(C(=O)N4CCN(C(=O)NC)CC4)c3n2C)c1CC. The van der Waals surface area contributed by atoms with Gasteiger partial charge in [-0.1, -0.05) is 39.8 Å².